The van der Waals surface area contributed by atoms with E-state index >= 15 is 0 Å². The molecule has 0 fully saturated rings. The molecule has 4 rings (SSSR count). The molecule has 1 aliphatic rings. The third kappa shape index (κ3) is 3.15. The van der Waals surface area contributed by atoms with E-state index in [0.717, 1.165) is 16.9 Å². The predicted octanol–water partition coefficient (Wildman–Crippen LogP) is 5.50. The lowest BCUT2D eigenvalue weighted by Gasteiger charge is -2.18. The summed E-state index contributed by atoms with van der Waals surface area (Å²) >= 11 is 1.46. The Morgan fingerprint density at radius 2 is 1.78 bits per heavy atom. The molecule has 27 heavy (non-hydrogen) atoms. The fourth-order valence-corrected chi connectivity index (χ4v) is 4.07. The van der Waals surface area contributed by atoms with Crippen LogP contribution in [0.5, 0.6) is 0 Å². The standard InChI is InChI=1S/C22H21N3OS/c1-13-4-8-17(9-5-13)25-11-19(26)20(21(25)23)22-24-18(12-27-22)16-7-6-14(2)15(3)10-16/h4-10,12,23,26H,11H2,1-3H3. The van der Waals surface area contributed by atoms with E-state index in [2.05, 4.69) is 32.0 Å². The van der Waals surface area contributed by atoms with E-state index in [1.54, 1.807) is 4.90 Å². The summed E-state index contributed by atoms with van der Waals surface area (Å²) in [4.78, 5) is 6.52. The highest BCUT2D eigenvalue weighted by Gasteiger charge is 2.31. The van der Waals surface area contributed by atoms with Gasteiger partial charge in [-0.2, -0.15) is 0 Å². The van der Waals surface area contributed by atoms with E-state index in [0.29, 0.717) is 17.1 Å². The normalized spacial score (nSPS) is 14.3. The second-order valence-corrected chi connectivity index (χ2v) is 7.79. The molecule has 136 valence electrons. The highest BCUT2D eigenvalue weighted by Crippen LogP contribution is 2.34. The quantitative estimate of drug-likeness (QED) is 0.635. The first kappa shape index (κ1) is 17.5. The van der Waals surface area contributed by atoms with E-state index in [1.807, 2.05) is 36.6 Å². The summed E-state index contributed by atoms with van der Waals surface area (Å²) in [5.74, 6) is 0.485. The summed E-state index contributed by atoms with van der Waals surface area (Å²) < 4.78 is 0. The Hall–Kier alpha value is -2.92. The first-order valence-corrected chi connectivity index (χ1v) is 9.71. The van der Waals surface area contributed by atoms with Crippen LogP contribution in [-0.4, -0.2) is 22.5 Å². The number of hydrogen-bond donors (Lipinski definition) is 2. The lowest BCUT2D eigenvalue weighted by molar-refractivity contribution is 0.411. The summed E-state index contributed by atoms with van der Waals surface area (Å²) in [6.45, 7) is 6.51. The van der Waals surface area contributed by atoms with E-state index in [1.165, 1.54) is 28.0 Å². The molecule has 1 aliphatic heterocycles. The van der Waals surface area contributed by atoms with Crippen molar-refractivity contribution in [1.82, 2.24) is 4.98 Å². The van der Waals surface area contributed by atoms with E-state index < -0.39 is 0 Å². The molecule has 3 aromatic rings. The second-order valence-electron chi connectivity index (χ2n) is 6.93. The molecule has 0 amide bonds. The third-order valence-electron chi connectivity index (χ3n) is 4.97. The highest BCUT2D eigenvalue weighted by atomic mass is 32.1. The number of aromatic nitrogens is 1. The Morgan fingerprint density at radius 3 is 2.48 bits per heavy atom. The molecule has 1 aromatic heterocycles. The average molecular weight is 375 g/mol. The maximum atomic E-state index is 10.5. The number of aryl methyl sites for hydroxylation is 3. The summed E-state index contributed by atoms with van der Waals surface area (Å²) in [6.07, 6.45) is 0. The van der Waals surface area contributed by atoms with Gasteiger partial charge in [-0.15, -0.1) is 11.3 Å². The Labute approximate surface area is 163 Å². The molecule has 2 aromatic carbocycles. The zero-order valence-corrected chi connectivity index (χ0v) is 16.4. The maximum absolute atomic E-state index is 10.5. The van der Waals surface area contributed by atoms with Crippen LogP contribution in [0.2, 0.25) is 0 Å². The van der Waals surface area contributed by atoms with Crippen molar-refractivity contribution in [1.29, 1.82) is 5.41 Å². The number of aliphatic hydroxyl groups is 1. The van der Waals surface area contributed by atoms with Gasteiger partial charge >= 0.3 is 0 Å². The summed E-state index contributed by atoms with van der Waals surface area (Å²) in [5, 5.41) is 21.8. The molecule has 5 heteroatoms. The number of anilines is 1. The van der Waals surface area contributed by atoms with Gasteiger partial charge in [0.05, 0.1) is 17.8 Å². The van der Waals surface area contributed by atoms with Gasteiger partial charge in [0.25, 0.3) is 0 Å². The Bertz CT molecular complexity index is 1060. The van der Waals surface area contributed by atoms with Crippen LogP contribution in [0.3, 0.4) is 0 Å². The summed E-state index contributed by atoms with van der Waals surface area (Å²) in [6, 6.07) is 14.3. The molecule has 0 atom stereocenters. The van der Waals surface area contributed by atoms with Gasteiger partial charge in [0.1, 0.15) is 16.6 Å². The Balaban J connectivity index is 1.64. The molecule has 4 nitrogen and oxygen atoms in total. The van der Waals surface area contributed by atoms with Gasteiger partial charge in [-0.25, -0.2) is 4.98 Å². The van der Waals surface area contributed by atoms with Crippen molar-refractivity contribution in [2.75, 3.05) is 11.4 Å². The minimum atomic E-state index is 0.196. The number of benzene rings is 2. The molecule has 2 heterocycles. The van der Waals surface area contributed by atoms with E-state index in [4.69, 9.17) is 10.4 Å². The fraction of sp³-hybridized carbons (Fsp3) is 0.182. The van der Waals surface area contributed by atoms with Crippen LogP contribution in [-0.2, 0) is 0 Å². The third-order valence-corrected chi connectivity index (χ3v) is 5.83. The van der Waals surface area contributed by atoms with Crippen molar-refractivity contribution in [2.45, 2.75) is 20.8 Å². The molecule has 0 bridgehead atoms. The van der Waals surface area contributed by atoms with Crippen LogP contribution < -0.4 is 4.90 Å². The van der Waals surface area contributed by atoms with Crippen molar-refractivity contribution >= 4 is 28.4 Å². The van der Waals surface area contributed by atoms with Gasteiger partial charge in [0, 0.05) is 16.6 Å². The molecular formula is C22H21N3OS. The topological polar surface area (TPSA) is 60.2 Å². The Morgan fingerprint density at radius 1 is 1.04 bits per heavy atom. The maximum Gasteiger partial charge on any atom is 0.139 e. The molecule has 0 radical (unpaired) electrons. The van der Waals surface area contributed by atoms with E-state index in [9.17, 15) is 5.11 Å². The van der Waals surface area contributed by atoms with Crippen LogP contribution in [0.4, 0.5) is 5.69 Å². The number of hydrogen-bond acceptors (Lipinski definition) is 4. The lowest BCUT2D eigenvalue weighted by atomic mass is 10.1. The number of aliphatic hydroxyl groups excluding tert-OH is 1. The Kier molecular flexibility index (Phi) is 4.32. The average Bonchev–Trinajstić information content (AvgIpc) is 3.23. The van der Waals surface area contributed by atoms with Gasteiger partial charge in [-0.1, -0.05) is 29.8 Å². The smallest absolute Gasteiger partial charge is 0.139 e. The van der Waals surface area contributed by atoms with Crippen molar-refractivity contribution in [2.24, 2.45) is 0 Å². The largest absolute Gasteiger partial charge is 0.510 e. The number of nitrogens with zero attached hydrogens (tertiary/aromatic N) is 2. The molecule has 0 aliphatic carbocycles. The number of rotatable bonds is 3. The van der Waals surface area contributed by atoms with Gasteiger partial charge in [0.2, 0.25) is 0 Å². The SMILES string of the molecule is Cc1ccc(N2CC(O)=C(c3nc(-c4ccc(C)c(C)c4)cs3)C2=N)cc1. The number of thiazole rings is 1. The highest BCUT2D eigenvalue weighted by molar-refractivity contribution is 7.11. The molecule has 2 N–H and O–H groups in total. The second kappa shape index (κ2) is 6.67. The number of amidine groups is 1. The molecular weight excluding hydrogens is 354 g/mol. The van der Waals surface area contributed by atoms with Crippen molar-refractivity contribution in [3.05, 3.63) is 75.3 Å². The predicted molar refractivity (Wildman–Crippen MR) is 113 cm³/mol. The summed E-state index contributed by atoms with van der Waals surface area (Å²) in [5.41, 5.74) is 7.00. The number of nitrogens with one attached hydrogen (secondary N) is 1. The van der Waals surface area contributed by atoms with Crippen LogP contribution in [0.25, 0.3) is 16.8 Å². The van der Waals surface area contributed by atoms with Crippen molar-refractivity contribution < 1.29 is 5.11 Å². The van der Waals surface area contributed by atoms with Crippen LogP contribution in [0.15, 0.2) is 53.6 Å². The molecule has 0 spiro atoms. The van der Waals surface area contributed by atoms with Crippen LogP contribution in [0, 0.1) is 26.2 Å². The minimum absolute atomic E-state index is 0.196. The fourth-order valence-electron chi connectivity index (χ4n) is 3.17. The van der Waals surface area contributed by atoms with Crippen molar-refractivity contribution in [3.8, 4) is 11.3 Å². The van der Waals surface area contributed by atoms with Gasteiger partial charge in [-0.05, 0) is 50.1 Å². The zero-order chi connectivity index (χ0) is 19.1. The first-order valence-electron chi connectivity index (χ1n) is 8.83. The molecule has 0 saturated carbocycles. The monoisotopic (exact) mass is 375 g/mol. The summed E-state index contributed by atoms with van der Waals surface area (Å²) in [7, 11) is 0. The van der Waals surface area contributed by atoms with Crippen LogP contribution >= 0.6 is 11.3 Å². The molecule has 0 unspecified atom stereocenters. The van der Waals surface area contributed by atoms with Crippen molar-refractivity contribution in [3.63, 3.8) is 0 Å². The van der Waals surface area contributed by atoms with Gasteiger partial charge in [0.15, 0.2) is 0 Å². The van der Waals surface area contributed by atoms with Gasteiger partial charge in [-0.3, -0.25) is 5.41 Å². The van der Waals surface area contributed by atoms with Crippen LogP contribution in [0.1, 0.15) is 21.7 Å². The van der Waals surface area contributed by atoms with Gasteiger partial charge < -0.3 is 10.0 Å². The zero-order valence-electron chi connectivity index (χ0n) is 15.6. The van der Waals surface area contributed by atoms with E-state index in [-0.39, 0.29) is 11.6 Å². The minimum Gasteiger partial charge on any atom is -0.510 e. The first-order chi connectivity index (χ1) is 12.9. The molecule has 0 saturated heterocycles. The lowest BCUT2D eigenvalue weighted by Crippen LogP contribution is -2.25.